The van der Waals surface area contributed by atoms with Gasteiger partial charge in [0.1, 0.15) is 0 Å². The summed E-state index contributed by atoms with van der Waals surface area (Å²) in [7, 11) is 0. The van der Waals surface area contributed by atoms with Gasteiger partial charge in [-0.15, -0.1) is 0 Å². The van der Waals surface area contributed by atoms with Gasteiger partial charge in [0.25, 0.3) is 0 Å². The fourth-order valence-electron chi connectivity index (χ4n) is 10.9. The molecule has 0 spiro atoms. The van der Waals surface area contributed by atoms with E-state index >= 15 is 0 Å². The Morgan fingerprint density at radius 2 is 0.767 bits per heavy atom. The zero-order chi connectivity index (χ0) is 51.6. The van der Waals surface area contributed by atoms with Crippen LogP contribution in [0.4, 0.5) is 0 Å². The van der Waals surface area contributed by atoms with E-state index in [1.54, 1.807) is 24.3 Å². The van der Waals surface area contributed by atoms with Crippen molar-refractivity contribution in [2.75, 3.05) is 5.33 Å². The van der Waals surface area contributed by atoms with Crippen LogP contribution >= 0.6 is 15.9 Å². The molecule has 0 saturated heterocycles. The van der Waals surface area contributed by atoms with Crippen molar-refractivity contribution in [1.29, 1.82) is 0 Å². The number of hydrogen-bond donors (Lipinski definition) is 2. The molecule has 0 saturated carbocycles. The Morgan fingerprint density at radius 3 is 1.15 bits per heavy atom. The van der Waals surface area contributed by atoms with E-state index in [1.165, 1.54) is 56.7 Å². The topological polar surface area (TPSA) is 110 Å². The minimum atomic E-state index is -0.0322. The zero-order valence-corrected chi connectivity index (χ0v) is 45.4. The van der Waals surface area contributed by atoms with Gasteiger partial charge in [0.05, 0.1) is 33.1 Å². The van der Waals surface area contributed by atoms with Gasteiger partial charge in [-0.2, -0.15) is 0 Å². The van der Waals surface area contributed by atoms with E-state index < -0.39 is 0 Å². The predicted octanol–water partition coefficient (Wildman–Crippen LogP) is 17.0. The van der Waals surface area contributed by atoms with Crippen LogP contribution in [0, 0.1) is 5.92 Å². The number of fused-ring (bicyclic) bond motifs is 8. The summed E-state index contributed by atoms with van der Waals surface area (Å²) in [6.45, 7) is 13.5. The molecule has 0 aliphatic rings. The highest BCUT2D eigenvalue weighted by Crippen LogP contribution is 2.34. The highest BCUT2D eigenvalue weighted by molar-refractivity contribution is 9.09. The minimum absolute atomic E-state index is 0.0322. The quantitative estimate of drug-likeness (QED) is 0.0538. The maximum Gasteiger partial charge on any atom is 0.197 e. The summed E-state index contributed by atoms with van der Waals surface area (Å²) in [5.41, 5.74) is 6.64. The summed E-state index contributed by atoms with van der Waals surface area (Å²) in [6.07, 6.45) is 16.6. The molecule has 8 nitrogen and oxygen atoms in total. The number of para-hydroxylation sites is 4. The smallest absolute Gasteiger partial charge is 0.197 e. The minimum Gasteiger partial charge on any atom is -0.354 e. The number of benzene rings is 6. The number of nitrogens with zero attached hydrogens (tertiary/aromatic N) is 2. The third kappa shape index (κ3) is 11.0. The Hall–Kier alpha value is -6.32. The molecule has 0 aliphatic carbocycles. The van der Waals surface area contributed by atoms with E-state index in [1.807, 2.05) is 84.9 Å². The number of hydrogen-bond acceptors (Lipinski definition) is 4. The van der Waals surface area contributed by atoms with Crippen LogP contribution in [-0.2, 0) is 0 Å². The third-order valence-corrected chi connectivity index (χ3v) is 16.1. The van der Waals surface area contributed by atoms with E-state index in [-0.39, 0.29) is 33.8 Å². The maximum atomic E-state index is 14.1. The van der Waals surface area contributed by atoms with E-state index in [4.69, 9.17) is 0 Å². The number of aromatic nitrogens is 4. The second-order valence-corrected chi connectivity index (χ2v) is 20.6. The second-order valence-electron chi connectivity index (χ2n) is 19.9. The Bertz CT molecular complexity index is 3550. The van der Waals surface area contributed by atoms with Gasteiger partial charge in [0.15, 0.2) is 21.7 Å². The van der Waals surface area contributed by atoms with Crippen LogP contribution in [0.3, 0.4) is 0 Å². The van der Waals surface area contributed by atoms with E-state index in [9.17, 15) is 19.2 Å². The lowest BCUT2D eigenvalue weighted by Gasteiger charge is -2.27. The summed E-state index contributed by atoms with van der Waals surface area (Å²) >= 11 is 3.51. The van der Waals surface area contributed by atoms with Crippen molar-refractivity contribution < 1.29 is 0 Å². The number of aromatic amines is 2. The van der Waals surface area contributed by atoms with E-state index in [2.05, 4.69) is 88.7 Å². The molecule has 0 amide bonds. The number of halogens is 1. The van der Waals surface area contributed by atoms with Crippen LogP contribution < -0.4 is 21.7 Å². The SMILES string of the molecule is CCCCC(CC)CBr.CCCCCC(CC)n1c2ccccc2c(=O)c2cc3c(cc21)c(=O)c1ccccc1n3C(CC)CCCCC.O=c1c2ccccc2[nH]c2cc3c(=O)c4ccccc4[nH]c3cc12. The molecule has 380 valence electrons. The van der Waals surface area contributed by atoms with Crippen LogP contribution in [0.2, 0.25) is 0 Å². The van der Waals surface area contributed by atoms with Gasteiger partial charge in [-0.05, 0) is 111 Å². The fourth-order valence-corrected chi connectivity index (χ4v) is 11.7. The van der Waals surface area contributed by atoms with Crippen molar-refractivity contribution in [2.45, 2.75) is 144 Å². The predicted molar refractivity (Wildman–Crippen MR) is 317 cm³/mol. The second kappa shape index (κ2) is 24.6. The first-order valence-corrected chi connectivity index (χ1v) is 28.3. The van der Waals surface area contributed by atoms with Crippen LogP contribution in [0.1, 0.15) is 144 Å². The first kappa shape index (κ1) is 53.0. The van der Waals surface area contributed by atoms with Gasteiger partial charge in [-0.1, -0.05) is 164 Å². The van der Waals surface area contributed by atoms with Crippen LogP contribution in [0.25, 0.3) is 87.2 Å². The highest BCUT2D eigenvalue weighted by atomic mass is 79.9. The largest absolute Gasteiger partial charge is 0.354 e. The average Bonchev–Trinajstić information content (AvgIpc) is 3.42. The van der Waals surface area contributed by atoms with Gasteiger partial charge in [0, 0.05) is 71.5 Å². The number of alkyl halides is 1. The molecule has 9 heteroatoms. The monoisotopic (exact) mass is 1040 g/mol. The molecular formula is C64H73BrN4O4. The molecule has 3 unspecified atom stereocenters. The first-order chi connectivity index (χ1) is 35.6. The lowest BCUT2D eigenvalue weighted by molar-refractivity contribution is 0.449. The zero-order valence-electron chi connectivity index (χ0n) is 43.8. The van der Waals surface area contributed by atoms with Gasteiger partial charge in [0.2, 0.25) is 0 Å². The van der Waals surface area contributed by atoms with Crippen LogP contribution in [0.15, 0.2) is 141 Å². The van der Waals surface area contributed by atoms with Crippen LogP contribution in [-0.4, -0.2) is 24.4 Å². The van der Waals surface area contributed by atoms with Crippen molar-refractivity contribution in [1.82, 2.24) is 19.1 Å². The first-order valence-electron chi connectivity index (χ1n) is 27.2. The fraction of sp³-hybridized carbons (Fsp3) is 0.375. The lowest BCUT2D eigenvalue weighted by Crippen LogP contribution is -2.19. The Labute approximate surface area is 437 Å². The molecule has 0 aliphatic heterocycles. The van der Waals surface area contributed by atoms with Crippen molar-refractivity contribution >= 4 is 103 Å². The van der Waals surface area contributed by atoms with Crippen molar-refractivity contribution in [3.63, 3.8) is 0 Å². The molecular weight excluding hydrogens is 969 g/mol. The van der Waals surface area contributed by atoms with Crippen molar-refractivity contribution in [3.8, 4) is 0 Å². The van der Waals surface area contributed by atoms with E-state index in [0.29, 0.717) is 43.4 Å². The molecule has 3 atom stereocenters. The number of nitrogens with one attached hydrogen (secondary N) is 2. The molecule has 4 aromatic heterocycles. The molecule has 0 fully saturated rings. The molecule has 10 rings (SSSR count). The molecule has 2 N–H and O–H groups in total. The summed E-state index contributed by atoms with van der Waals surface area (Å²) in [5.74, 6) is 0.921. The summed E-state index contributed by atoms with van der Waals surface area (Å²) < 4.78 is 4.75. The summed E-state index contributed by atoms with van der Waals surface area (Å²) in [4.78, 5) is 60.2. The van der Waals surface area contributed by atoms with Gasteiger partial charge < -0.3 is 19.1 Å². The van der Waals surface area contributed by atoms with E-state index in [0.717, 1.165) is 88.3 Å². The van der Waals surface area contributed by atoms with Crippen molar-refractivity contribution in [2.24, 2.45) is 5.92 Å². The third-order valence-electron chi connectivity index (χ3n) is 15.2. The number of rotatable bonds is 17. The van der Waals surface area contributed by atoms with Gasteiger partial charge in [-0.3, -0.25) is 19.2 Å². The number of unbranched alkanes of at least 4 members (excludes halogenated alkanes) is 5. The van der Waals surface area contributed by atoms with Crippen LogP contribution in [0.5, 0.6) is 0 Å². The summed E-state index contributed by atoms with van der Waals surface area (Å²) in [6, 6.07) is 39.0. The molecule has 0 bridgehead atoms. The average molecular weight is 1040 g/mol. The molecule has 0 radical (unpaired) electrons. The Kier molecular flexibility index (Phi) is 17.9. The molecule has 73 heavy (non-hydrogen) atoms. The highest BCUT2D eigenvalue weighted by Gasteiger charge is 2.22. The standard InChI is InChI=1S/C36H44N2O2.C20H12N2O2.C8H17Br/c1-5-9-11-17-25(7-3)37-31-21-15-13-19-27(31)35(39)29-24-34-30(23-33(29)37)36(40)28-20-14-16-22-32(28)38(34)26(8-4)18-12-10-6-2;23-19-11-5-1-3-7-15(11)21-17-10-14-18(9-13(17)19)22-16-8-4-2-6-12(16)20(14)24;1-3-5-6-8(4-2)7-9/h13-16,19-26H,5-12,17-18H2,1-4H3;1-10H,(H,21,23)(H,22,24);8H,3-7H2,1-2H3. The lowest BCUT2D eigenvalue weighted by atomic mass is 9.99. The van der Waals surface area contributed by atoms with Gasteiger partial charge >= 0.3 is 0 Å². The molecule has 4 heterocycles. The Morgan fingerprint density at radius 1 is 0.384 bits per heavy atom. The number of H-pyrrole nitrogens is 2. The maximum absolute atomic E-state index is 14.1. The molecule has 6 aromatic carbocycles. The number of pyridine rings is 4. The normalized spacial score (nSPS) is 12.9. The summed E-state index contributed by atoms with van der Waals surface area (Å²) in [5, 5.41) is 6.57. The van der Waals surface area contributed by atoms with Crippen molar-refractivity contribution in [3.05, 3.63) is 162 Å². The Balaban J connectivity index is 0.000000180. The van der Waals surface area contributed by atoms with Gasteiger partial charge in [-0.25, -0.2) is 0 Å². The molecule has 10 aromatic rings.